The van der Waals surface area contributed by atoms with E-state index in [1.54, 1.807) is 12.1 Å². The van der Waals surface area contributed by atoms with Gasteiger partial charge in [-0.25, -0.2) is 4.68 Å². The highest BCUT2D eigenvalue weighted by Gasteiger charge is 2.30. The van der Waals surface area contributed by atoms with Crippen molar-refractivity contribution in [2.24, 2.45) is 5.92 Å². The van der Waals surface area contributed by atoms with E-state index in [-0.39, 0.29) is 11.9 Å². The van der Waals surface area contributed by atoms with Gasteiger partial charge in [-0.3, -0.25) is 9.89 Å². The lowest BCUT2D eigenvalue weighted by atomic mass is 9.99. The van der Waals surface area contributed by atoms with Crippen molar-refractivity contribution in [1.29, 1.82) is 0 Å². The monoisotopic (exact) mass is 415 g/mol. The predicted molar refractivity (Wildman–Crippen MR) is 103 cm³/mol. The summed E-state index contributed by atoms with van der Waals surface area (Å²) in [6.45, 7) is 4.58. The average molecular weight is 416 g/mol. The minimum atomic E-state index is -0.105. The maximum atomic E-state index is 12.0. The topological polar surface area (TPSA) is 64.3 Å². The number of benzene rings is 1. The number of hydrogen-bond donors (Lipinski definition) is 2. The molecule has 9 heteroatoms. The number of carbonyl (C=O) groups is 1. The Labute approximate surface area is 167 Å². The van der Waals surface area contributed by atoms with E-state index in [0.717, 1.165) is 31.5 Å². The summed E-state index contributed by atoms with van der Waals surface area (Å²) in [5.41, 5.74) is 0.749. The van der Waals surface area contributed by atoms with Crippen LogP contribution in [0.15, 0.2) is 18.2 Å². The van der Waals surface area contributed by atoms with Gasteiger partial charge in [0.25, 0.3) is 0 Å². The van der Waals surface area contributed by atoms with Crippen LogP contribution < -0.4 is 4.90 Å². The lowest BCUT2D eigenvalue weighted by Crippen LogP contribution is -3.13. The van der Waals surface area contributed by atoms with Crippen molar-refractivity contribution in [2.75, 3.05) is 19.7 Å². The Bertz CT molecular complexity index is 852. The Hall–Kier alpha value is -1.41. The lowest BCUT2D eigenvalue weighted by Gasteiger charge is -2.28. The molecule has 0 radical (unpaired) electrons. The smallest absolute Gasteiger partial charge is 0.314 e. The molecule has 0 saturated carbocycles. The maximum absolute atomic E-state index is 12.0. The molecule has 1 saturated heterocycles. The van der Waals surface area contributed by atoms with Crippen LogP contribution >= 0.6 is 35.4 Å². The molecule has 0 aliphatic carbocycles. The maximum Gasteiger partial charge on any atom is 0.314 e. The summed E-state index contributed by atoms with van der Waals surface area (Å²) in [7, 11) is 0. The van der Waals surface area contributed by atoms with E-state index < -0.39 is 0 Å². The van der Waals surface area contributed by atoms with Crippen LogP contribution in [0.3, 0.4) is 0 Å². The third kappa shape index (κ3) is 4.46. The standard InChI is InChI=1S/C17H20Cl2N4O2S/c1-2-25-16(24)11-4-3-7-22(9-11)10-23-17(26)20-15(21-23)13-6-5-12(18)8-14(13)19/h5-6,8,11H,2-4,7,9-10H2,1H3,(H,20,21,26)/p+1/t11-/m1/s1. The number of ether oxygens (including phenoxy) is 1. The van der Waals surface area contributed by atoms with E-state index in [1.165, 1.54) is 4.90 Å². The number of piperidine rings is 1. The number of nitrogens with one attached hydrogen (secondary N) is 2. The molecule has 1 fully saturated rings. The minimum Gasteiger partial charge on any atom is -0.466 e. The molecule has 3 rings (SSSR count). The normalized spacial score (nSPS) is 20.1. The van der Waals surface area contributed by atoms with Crippen molar-refractivity contribution < 1.29 is 14.4 Å². The molecule has 0 spiro atoms. The van der Waals surface area contributed by atoms with Gasteiger partial charge in [0.2, 0.25) is 4.77 Å². The fourth-order valence-electron chi connectivity index (χ4n) is 3.25. The van der Waals surface area contributed by atoms with E-state index in [4.69, 9.17) is 40.2 Å². The van der Waals surface area contributed by atoms with Gasteiger partial charge in [-0.05, 0) is 50.2 Å². The first kappa shape index (κ1) is 19.4. The molecule has 1 aliphatic heterocycles. The second-order valence-corrected chi connectivity index (χ2v) is 7.57. The number of aromatic nitrogens is 3. The second-order valence-electron chi connectivity index (χ2n) is 6.36. The Balaban J connectivity index is 1.73. The number of quaternary nitrogens is 1. The number of H-pyrrole nitrogens is 1. The molecule has 1 unspecified atom stereocenters. The Morgan fingerprint density at radius 1 is 1.50 bits per heavy atom. The number of carbonyl (C=O) groups excluding carboxylic acids is 1. The van der Waals surface area contributed by atoms with E-state index in [2.05, 4.69) is 10.1 Å². The molecule has 2 atom stereocenters. The van der Waals surface area contributed by atoms with Gasteiger partial charge in [0.15, 0.2) is 12.5 Å². The molecule has 1 aliphatic rings. The molecule has 0 amide bonds. The average Bonchev–Trinajstić information content (AvgIpc) is 2.95. The van der Waals surface area contributed by atoms with Gasteiger partial charge >= 0.3 is 5.97 Å². The Kier molecular flexibility index (Phi) is 6.34. The van der Waals surface area contributed by atoms with Crippen LogP contribution in [-0.4, -0.2) is 40.4 Å². The molecular formula is C17H21Cl2N4O2S+. The third-order valence-electron chi connectivity index (χ3n) is 4.49. The van der Waals surface area contributed by atoms with E-state index >= 15 is 0 Å². The quantitative estimate of drug-likeness (QED) is 0.581. The van der Waals surface area contributed by atoms with Gasteiger partial charge in [0.05, 0.1) is 24.7 Å². The van der Waals surface area contributed by atoms with Gasteiger partial charge < -0.3 is 9.64 Å². The van der Waals surface area contributed by atoms with Gasteiger partial charge in [-0.15, -0.1) is 0 Å². The van der Waals surface area contributed by atoms with E-state index in [9.17, 15) is 4.79 Å². The molecule has 2 heterocycles. The van der Waals surface area contributed by atoms with Crippen LogP contribution in [0.4, 0.5) is 0 Å². The van der Waals surface area contributed by atoms with Crippen molar-refractivity contribution in [3.63, 3.8) is 0 Å². The summed E-state index contributed by atoms with van der Waals surface area (Å²) in [6.07, 6.45) is 1.86. The third-order valence-corrected chi connectivity index (χ3v) is 5.34. The number of hydrogen-bond acceptors (Lipinski definition) is 4. The zero-order valence-electron chi connectivity index (χ0n) is 14.4. The summed E-state index contributed by atoms with van der Waals surface area (Å²) >= 11 is 17.6. The van der Waals surface area contributed by atoms with Crippen molar-refractivity contribution >= 4 is 41.4 Å². The molecule has 1 aromatic heterocycles. The fourth-order valence-corrected chi connectivity index (χ4v) is 3.94. The second kappa shape index (κ2) is 8.52. The van der Waals surface area contributed by atoms with Crippen LogP contribution in [0.5, 0.6) is 0 Å². The molecule has 1 aromatic carbocycles. The number of esters is 1. The summed E-state index contributed by atoms with van der Waals surface area (Å²) in [4.78, 5) is 17.7. The first-order valence-electron chi connectivity index (χ1n) is 8.60. The number of aromatic amines is 1. The van der Waals surface area contributed by atoms with Gasteiger partial charge in [0.1, 0.15) is 5.92 Å². The fraction of sp³-hybridized carbons (Fsp3) is 0.471. The molecule has 2 N–H and O–H groups in total. The number of nitrogens with zero attached hydrogens (tertiary/aromatic N) is 2. The molecule has 0 bridgehead atoms. The first-order chi connectivity index (χ1) is 12.5. The zero-order valence-corrected chi connectivity index (χ0v) is 16.8. The highest BCUT2D eigenvalue weighted by Crippen LogP contribution is 2.27. The summed E-state index contributed by atoms with van der Waals surface area (Å²) in [5.74, 6) is 0.447. The van der Waals surface area contributed by atoms with Crippen molar-refractivity contribution in [1.82, 2.24) is 14.8 Å². The Morgan fingerprint density at radius 2 is 2.31 bits per heavy atom. The molecule has 2 aromatic rings. The molecule has 6 nitrogen and oxygen atoms in total. The predicted octanol–water partition coefficient (Wildman–Crippen LogP) is 2.73. The van der Waals surface area contributed by atoms with E-state index in [1.807, 2.05) is 17.7 Å². The molecular weight excluding hydrogens is 395 g/mol. The highest BCUT2D eigenvalue weighted by molar-refractivity contribution is 7.71. The molecule has 140 valence electrons. The lowest BCUT2D eigenvalue weighted by molar-refractivity contribution is -0.930. The number of halogens is 2. The van der Waals surface area contributed by atoms with E-state index in [0.29, 0.717) is 33.9 Å². The first-order valence-corrected chi connectivity index (χ1v) is 9.76. The van der Waals surface area contributed by atoms with Crippen LogP contribution in [0, 0.1) is 10.7 Å². The van der Waals surface area contributed by atoms with Crippen LogP contribution in [0.1, 0.15) is 19.8 Å². The Morgan fingerprint density at radius 3 is 3.04 bits per heavy atom. The number of likely N-dealkylation sites (tertiary alicyclic amines) is 1. The van der Waals surface area contributed by atoms with Gasteiger partial charge in [0, 0.05) is 10.6 Å². The van der Waals surface area contributed by atoms with Crippen molar-refractivity contribution in [3.05, 3.63) is 33.0 Å². The SMILES string of the molecule is CCOC(=O)[C@@H]1CCC[NH+](Cn2[nH]c(-c3ccc(Cl)cc3Cl)nc2=S)C1. The molecule has 26 heavy (non-hydrogen) atoms. The highest BCUT2D eigenvalue weighted by atomic mass is 35.5. The van der Waals surface area contributed by atoms with Crippen molar-refractivity contribution in [3.8, 4) is 11.4 Å². The van der Waals surface area contributed by atoms with Crippen LogP contribution in [-0.2, 0) is 16.2 Å². The minimum absolute atomic E-state index is 0.0547. The largest absolute Gasteiger partial charge is 0.466 e. The van der Waals surface area contributed by atoms with Gasteiger partial charge in [-0.1, -0.05) is 23.2 Å². The van der Waals surface area contributed by atoms with Crippen LogP contribution in [0.2, 0.25) is 10.0 Å². The summed E-state index contributed by atoms with van der Waals surface area (Å²) in [5, 5.41) is 4.30. The summed E-state index contributed by atoms with van der Waals surface area (Å²) < 4.78 is 7.44. The van der Waals surface area contributed by atoms with Gasteiger partial charge in [-0.2, -0.15) is 4.98 Å². The van der Waals surface area contributed by atoms with Crippen molar-refractivity contribution in [2.45, 2.75) is 26.4 Å². The zero-order chi connectivity index (χ0) is 18.7. The summed E-state index contributed by atoms with van der Waals surface area (Å²) in [6, 6.07) is 5.25. The number of rotatable bonds is 5. The van der Waals surface area contributed by atoms with Crippen LogP contribution in [0.25, 0.3) is 11.4 Å².